The minimum absolute atomic E-state index is 0.0347. The molecule has 1 aliphatic rings. The molecule has 3 amide bonds. The van der Waals surface area contributed by atoms with Crippen LogP contribution >= 0.6 is 11.8 Å². The molecule has 0 aromatic heterocycles. The first-order chi connectivity index (χ1) is 10.5. The number of nitrogens with zero attached hydrogens (tertiary/aromatic N) is 1. The lowest BCUT2D eigenvalue weighted by Gasteiger charge is -2.13. The van der Waals surface area contributed by atoms with Gasteiger partial charge in [-0.05, 0) is 18.2 Å². The zero-order chi connectivity index (χ0) is 16.1. The predicted molar refractivity (Wildman–Crippen MR) is 76.0 cm³/mol. The quantitative estimate of drug-likeness (QED) is 0.632. The Labute approximate surface area is 130 Å². The van der Waals surface area contributed by atoms with Gasteiger partial charge in [0.15, 0.2) is 11.6 Å². The summed E-state index contributed by atoms with van der Waals surface area (Å²) in [6, 6.07) is 3.41. The van der Waals surface area contributed by atoms with Crippen LogP contribution in [0.3, 0.4) is 0 Å². The molecule has 0 saturated carbocycles. The Morgan fingerprint density at radius 1 is 1.18 bits per heavy atom. The zero-order valence-electron chi connectivity index (χ0n) is 11.6. The van der Waals surface area contributed by atoms with Crippen LogP contribution in [-0.4, -0.2) is 41.5 Å². The van der Waals surface area contributed by atoms with Crippen LogP contribution < -0.4 is 5.32 Å². The van der Waals surface area contributed by atoms with Gasteiger partial charge >= 0.3 is 0 Å². The van der Waals surface area contributed by atoms with Crippen LogP contribution in [0.5, 0.6) is 0 Å². The Morgan fingerprint density at radius 2 is 1.86 bits per heavy atom. The summed E-state index contributed by atoms with van der Waals surface area (Å²) in [5.41, 5.74) is 0. The fourth-order valence-corrected chi connectivity index (χ4v) is 2.70. The Morgan fingerprint density at radius 3 is 2.50 bits per heavy atom. The van der Waals surface area contributed by atoms with E-state index in [0.717, 1.165) is 28.8 Å². The monoisotopic (exact) mass is 328 g/mol. The molecule has 1 fully saturated rings. The first kappa shape index (κ1) is 16.4. The van der Waals surface area contributed by atoms with E-state index in [-0.39, 0.29) is 49.4 Å². The second-order valence-corrected chi connectivity index (χ2v) is 5.70. The molecule has 5 nitrogen and oxygen atoms in total. The fourth-order valence-electron chi connectivity index (χ4n) is 1.95. The number of amides is 3. The van der Waals surface area contributed by atoms with E-state index < -0.39 is 11.6 Å². The van der Waals surface area contributed by atoms with Crippen molar-refractivity contribution in [3.8, 4) is 0 Å². The standard InChI is InChI=1S/C14H14F2N2O3S/c15-10-2-1-9(7-11(10)16)22-8-12(19)17-5-6-18-13(20)3-4-14(18)21/h1-2,7H,3-6,8H2,(H,17,19). The molecule has 22 heavy (non-hydrogen) atoms. The summed E-state index contributed by atoms with van der Waals surface area (Å²) in [6.07, 6.45) is 0.442. The van der Waals surface area contributed by atoms with Crippen molar-refractivity contribution in [2.75, 3.05) is 18.8 Å². The number of halogens is 2. The van der Waals surface area contributed by atoms with Crippen LogP contribution in [0.15, 0.2) is 23.1 Å². The summed E-state index contributed by atoms with van der Waals surface area (Å²) < 4.78 is 25.7. The van der Waals surface area contributed by atoms with Gasteiger partial charge in [0.05, 0.1) is 5.75 Å². The molecule has 1 aromatic carbocycles. The Kier molecular flexibility index (Phi) is 5.48. The van der Waals surface area contributed by atoms with Crippen molar-refractivity contribution in [1.29, 1.82) is 0 Å². The van der Waals surface area contributed by atoms with Gasteiger partial charge in [-0.15, -0.1) is 11.8 Å². The van der Waals surface area contributed by atoms with Gasteiger partial charge in [0.2, 0.25) is 17.7 Å². The maximum absolute atomic E-state index is 13.0. The molecule has 0 radical (unpaired) electrons. The van der Waals surface area contributed by atoms with Crippen LogP contribution in [0.2, 0.25) is 0 Å². The van der Waals surface area contributed by atoms with Crippen molar-refractivity contribution in [2.24, 2.45) is 0 Å². The minimum Gasteiger partial charge on any atom is -0.354 e. The summed E-state index contributed by atoms with van der Waals surface area (Å²) in [6.45, 7) is 0.327. The molecule has 118 valence electrons. The normalized spacial score (nSPS) is 14.5. The van der Waals surface area contributed by atoms with E-state index in [4.69, 9.17) is 0 Å². The number of thioether (sulfide) groups is 1. The number of carbonyl (C=O) groups excluding carboxylic acids is 3. The molecule has 1 aromatic rings. The van der Waals surface area contributed by atoms with Crippen molar-refractivity contribution in [3.63, 3.8) is 0 Å². The second kappa shape index (κ2) is 7.35. The Hall–Kier alpha value is -1.96. The lowest BCUT2D eigenvalue weighted by molar-refractivity contribution is -0.138. The molecule has 0 aliphatic carbocycles. The number of hydrogen-bond donors (Lipinski definition) is 1. The van der Waals surface area contributed by atoms with Gasteiger partial charge in [-0.1, -0.05) is 0 Å². The van der Waals surface area contributed by atoms with E-state index in [9.17, 15) is 23.2 Å². The molecule has 8 heteroatoms. The van der Waals surface area contributed by atoms with Crippen LogP contribution in [-0.2, 0) is 14.4 Å². The molecule has 1 N–H and O–H groups in total. The largest absolute Gasteiger partial charge is 0.354 e. The average molecular weight is 328 g/mol. The highest BCUT2D eigenvalue weighted by atomic mass is 32.2. The van der Waals surface area contributed by atoms with E-state index in [1.54, 1.807) is 0 Å². The summed E-state index contributed by atoms with van der Waals surface area (Å²) in [4.78, 5) is 35.9. The maximum atomic E-state index is 13.0. The van der Waals surface area contributed by atoms with E-state index in [2.05, 4.69) is 5.32 Å². The highest BCUT2D eigenvalue weighted by molar-refractivity contribution is 8.00. The molecule has 1 aliphatic heterocycles. The van der Waals surface area contributed by atoms with Gasteiger partial charge in [0, 0.05) is 30.8 Å². The second-order valence-electron chi connectivity index (χ2n) is 4.65. The van der Waals surface area contributed by atoms with Crippen LogP contribution in [0.1, 0.15) is 12.8 Å². The lowest BCUT2D eigenvalue weighted by atomic mass is 10.3. The summed E-state index contributed by atoms with van der Waals surface area (Å²) >= 11 is 1.07. The average Bonchev–Trinajstić information content (AvgIpc) is 2.80. The van der Waals surface area contributed by atoms with Gasteiger partial charge in [0.1, 0.15) is 0 Å². The molecule has 0 unspecified atom stereocenters. The SMILES string of the molecule is O=C(CSc1ccc(F)c(F)c1)NCCN1C(=O)CCC1=O. The number of rotatable bonds is 6. The Bertz CT molecular complexity index is 594. The first-order valence-electron chi connectivity index (χ1n) is 6.65. The van der Waals surface area contributed by atoms with Crippen LogP contribution in [0, 0.1) is 11.6 Å². The van der Waals surface area contributed by atoms with Crippen molar-refractivity contribution in [1.82, 2.24) is 10.2 Å². The van der Waals surface area contributed by atoms with E-state index >= 15 is 0 Å². The zero-order valence-corrected chi connectivity index (χ0v) is 12.4. The predicted octanol–water partition coefficient (Wildman–Crippen LogP) is 1.32. The third-order valence-electron chi connectivity index (χ3n) is 3.07. The summed E-state index contributed by atoms with van der Waals surface area (Å²) in [5.74, 6) is -2.63. The first-order valence-corrected chi connectivity index (χ1v) is 7.63. The number of likely N-dealkylation sites (tertiary alicyclic amines) is 1. The van der Waals surface area contributed by atoms with Crippen LogP contribution in [0.25, 0.3) is 0 Å². The fraction of sp³-hybridized carbons (Fsp3) is 0.357. The molecule has 0 bridgehead atoms. The highest BCUT2D eigenvalue weighted by Gasteiger charge is 2.28. The number of hydrogen-bond acceptors (Lipinski definition) is 4. The van der Waals surface area contributed by atoms with Crippen molar-refractivity contribution >= 4 is 29.5 Å². The van der Waals surface area contributed by atoms with Gasteiger partial charge in [-0.25, -0.2) is 8.78 Å². The number of imide groups is 1. The summed E-state index contributed by atoms with van der Waals surface area (Å²) in [7, 11) is 0. The lowest BCUT2D eigenvalue weighted by Crippen LogP contribution is -2.38. The highest BCUT2D eigenvalue weighted by Crippen LogP contribution is 2.20. The third kappa shape index (κ3) is 4.27. The van der Waals surface area contributed by atoms with Crippen molar-refractivity contribution < 1.29 is 23.2 Å². The van der Waals surface area contributed by atoms with E-state index in [1.165, 1.54) is 6.07 Å². The maximum Gasteiger partial charge on any atom is 0.230 e. The van der Waals surface area contributed by atoms with Gasteiger partial charge < -0.3 is 5.32 Å². The topological polar surface area (TPSA) is 66.5 Å². The number of carbonyl (C=O) groups is 3. The third-order valence-corrected chi connectivity index (χ3v) is 4.07. The molecule has 1 saturated heterocycles. The minimum atomic E-state index is -0.962. The smallest absolute Gasteiger partial charge is 0.230 e. The van der Waals surface area contributed by atoms with E-state index in [0.29, 0.717) is 4.90 Å². The molecule has 0 atom stereocenters. The van der Waals surface area contributed by atoms with Crippen LogP contribution in [0.4, 0.5) is 8.78 Å². The molecular weight excluding hydrogens is 314 g/mol. The Balaban J connectivity index is 1.70. The number of benzene rings is 1. The molecule has 1 heterocycles. The molecule has 2 rings (SSSR count). The van der Waals surface area contributed by atoms with Crippen molar-refractivity contribution in [2.45, 2.75) is 17.7 Å². The van der Waals surface area contributed by atoms with Gasteiger partial charge in [0.25, 0.3) is 0 Å². The van der Waals surface area contributed by atoms with Gasteiger partial charge in [-0.3, -0.25) is 19.3 Å². The summed E-state index contributed by atoms with van der Waals surface area (Å²) in [5, 5.41) is 2.57. The van der Waals surface area contributed by atoms with Gasteiger partial charge in [-0.2, -0.15) is 0 Å². The van der Waals surface area contributed by atoms with Crippen molar-refractivity contribution in [3.05, 3.63) is 29.8 Å². The molecule has 0 spiro atoms. The number of nitrogens with one attached hydrogen (secondary N) is 1. The van der Waals surface area contributed by atoms with E-state index in [1.807, 2.05) is 0 Å². The molecular formula is C14H14F2N2O3S.